The molecule has 0 aromatic rings. The summed E-state index contributed by atoms with van der Waals surface area (Å²) in [4.78, 5) is 0. The molecule has 0 radical (unpaired) electrons. The monoisotopic (exact) mass is 384 g/mol. The predicted octanol–water partition coefficient (Wildman–Crippen LogP) is -0.120. The SMILES string of the molecule is C1=CC2CC[CH]([Ti+2]3([CH]4CCC5C=CC=CC54)[CH2][CH2]3)C2C=C1.[Cl-].[Cl-]. The maximum Gasteiger partial charge on any atom is -1.00 e. The van der Waals surface area contributed by atoms with Gasteiger partial charge in [-0.25, -0.2) is 0 Å². The second-order valence-corrected chi connectivity index (χ2v) is 15.9. The summed E-state index contributed by atoms with van der Waals surface area (Å²) in [6.07, 6.45) is 25.6. The summed E-state index contributed by atoms with van der Waals surface area (Å²) in [6.45, 7) is 0. The number of fused-ring (bicyclic) bond motifs is 2. The first kappa shape index (κ1) is 18.1. The molecule has 5 aliphatic rings. The van der Waals surface area contributed by atoms with Crippen LogP contribution in [-0.4, -0.2) is 0 Å². The van der Waals surface area contributed by atoms with Gasteiger partial charge in [-0.1, -0.05) is 0 Å². The Bertz CT molecular complexity index is 512. The van der Waals surface area contributed by atoms with Gasteiger partial charge in [-0.05, 0) is 0 Å². The minimum atomic E-state index is -1.56. The summed E-state index contributed by atoms with van der Waals surface area (Å²) in [5.41, 5.74) is 0. The maximum atomic E-state index is 2.59. The Labute approximate surface area is 156 Å². The van der Waals surface area contributed by atoms with Crippen LogP contribution in [0, 0.1) is 23.7 Å². The third-order valence-electron chi connectivity index (χ3n) is 7.45. The number of hydrogen-bond donors (Lipinski definition) is 0. The van der Waals surface area contributed by atoms with E-state index in [0.29, 0.717) is 0 Å². The van der Waals surface area contributed by atoms with E-state index in [-0.39, 0.29) is 24.8 Å². The molecule has 124 valence electrons. The van der Waals surface area contributed by atoms with Gasteiger partial charge < -0.3 is 24.8 Å². The van der Waals surface area contributed by atoms with Gasteiger partial charge in [0.15, 0.2) is 0 Å². The Hall–Kier alpha value is 0.254. The zero-order valence-corrected chi connectivity index (χ0v) is 16.7. The van der Waals surface area contributed by atoms with Crippen molar-refractivity contribution in [2.45, 2.75) is 43.6 Å². The molecule has 0 amide bonds. The minimum Gasteiger partial charge on any atom is -1.00 e. The number of hydrogen-bond acceptors (Lipinski definition) is 0. The normalized spacial score (nSPS) is 42.8. The van der Waals surface area contributed by atoms with E-state index in [4.69, 9.17) is 0 Å². The molecule has 1 aliphatic heterocycles. The molecule has 0 spiro atoms. The van der Waals surface area contributed by atoms with Crippen molar-refractivity contribution in [3.05, 3.63) is 48.6 Å². The first-order chi connectivity index (χ1) is 10.4. The Morgan fingerprint density at radius 2 is 1.00 bits per heavy atom. The molecule has 2 saturated carbocycles. The van der Waals surface area contributed by atoms with Gasteiger partial charge >= 0.3 is 132 Å². The van der Waals surface area contributed by atoms with Crippen molar-refractivity contribution < 1.29 is 41.4 Å². The summed E-state index contributed by atoms with van der Waals surface area (Å²) < 4.78 is 5.74. The number of rotatable bonds is 2. The minimum absolute atomic E-state index is 0. The summed E-state index contributed by atoms with van der Waals surface area (Å²) in [5.74, 6) is 3.70. The molecule has 5 rings (SSSR count). The number of halogens is 2. The second kappa shape index (κ2) is 6.87. The topological polar surface area (TPSA) is 0 Å². The average molecular weight is 385 g/mol. The standard InChI is InChI=1S/2C9H11.C2H4.2ClH.Ti/c2*1-2-5-9-7-3-6-8(9)4-1;1-2;;;/h2*1-2,4-6,8-9H,3,7H2;1-2H2;2*1H;/q;;;;;+2/p-2. The van der Waals surface area contributed by atoms with Crippen LogP contribution < -0.4 is 24.8 Å². The summed E-state index contributed by atoms with van der Waals surface area (Å²) >= 11 is -1.56. The summed E-state index contributed by atoms with van der Waals surface area (Å²) in [6, 6.07) is 0. The van der Waals surface area contributed by atoms with E-state index in [0.717, 1.165) is 23.7 Å². The Kier molecular flexibility index (Phi) is 5.39. The van der Waals surface area contributed by atoms with Crippen molar-refractivity contribution in [1.82, 2.24) is 0 Å². The van der Waals surface area contributed by atoms with Crippen molar-refractivity contribution in [2.75, 3.05) is 0 Å². The zero-order valence-electron chi connectivity index (χ0n) is 13.6. The Balaban J connectivity index is 0.000000781. The zero-order chi connectivity index (χ0) is 13.9. The molecular weight excluding hydrogens is 359 g/mol. The van der Waals surface area contributed by atoms with Crippen LogP contribution in [0.1, 0.15) is 25.7 Å². The molecule has 0 bridgehead atoms. The van der Waals surface area contributed by atoms with E-state index in [1.165, 1.54) is 21.3 Å². The van der Waals surface area contributed by atoms with Crippen LogP contribution in [-0.2, 0) is 16.6 Å². The summed E-state index contributed by atoms with van der Waals surface area (Å²) in [5, 5.41) is 0. The molecule has 1 saturated heterocycles. The van der Waals surface area contributed by atoms with Crippen molar-refractivity contribution in [2.24, 2.45) is 23.7 Å². The molecule has 0 aromatic heterocycles. The fourth-order valence-electron chi connectivity index (χ4n) is 6.41. The second-order valence-electron chi connectivity index (χ2n) is 8.12. The van der Waals surface area contributed by atoms with E-state index in [2.05, 4.69) is 48.6 Å². The van der Waals surface area contributed by atoms with Gasteiger partial charge in [0, 0.05) is 0 Å². The van der Waals surface area contributed by atoms with E-state index in [1.807, 2.05) is 0 Å². The van der Waals surface area contributed by atoms with Crippen LogP contribution in [0.4, 0.5) is 0 Å². The van der Waals surface area contributed by atoms with Gasteiger partial charge in [-0.2, -0.15) is 0 Å². The van der Waals surface area contributed by atoms with Gasteiger partial charge in [-0.15, -0.1) is 0 Å². The van der Waals surface area contributed by atoms with Gasteiger partial charge in [0.1, 0.15) is 0 Å². The van der Waals surface area contributed by atoms with Crippen molar-refractivity contribution in [3.8, 4) is 0 Å². The van der Waals surface area contributed by atoms with E-state index in [9.17, 15) is 0 Å². The molecule has 6 unspecified atom stereocenters. The molecule has 23 heavy (non-hydrogen) atoms. The molecule has 3 fully saturated rings. The summed E-state index contributed by atoms with van der Waals surface area (Å²) in [7, 11) is 0. The Morgan fingerprint density at radius 3 is 1.43 bits per heavy atom. The largest absolute Gasteiger partial charge is 1.00 e. The van der Waals surface area contributed by atoms with Crippen LogP contribution in [0.5, 0.6) is 0 Å². The molecule has 1 heterocycles. The average Bonchev–Trinajstić information content (AvgIpc) is 3.03. The van der Waals surface area contributed by atoms with Gasteiger partial charge in [0.2, 0.25) is 0 Å². The molecular formula is C20H26Cl2Ti. The molecule has 3 heteroatoms. The van der Waals surface area contributed by atoms with E-state index < -0.39 is 16.6 Å². The third kappa shape index (κ3) is 2.79. The molecule has 0 aromatic carbocycles. The number of allylic oxidation sites excluding steroid dienone is 8. The van der Waals surface area contributed by atoms with Crippen molar-refractivity contribution in [1.29, 1.82) is 0 Å². The third-order valence-corrected chi connectivity index (χ3v) is 16.7. The Morgan fingerprint density at radius 1 is 0.565 bits per heavy atom. The molecule has 0 N–H and O–H groups in total. The smallest absolute Gasteiger partial charge is 1.00 e. The predicted molar refractivity (Wildman–Crippen MR) is 86.1 cm³/mol. The first-order valence-electron chi connectivity index (χ1n) is 9.08. The fraction of sp³-hybridized carbons (Fsp3) is 0.600. The quantitative estimate of drug-likeness (QED) is 0.582. The van der Waals surface area contributed by atoms with Crippen LogP contribution in [0.15, 0.2) is 48.6 Å². The van der Waals surface area contributed by atoms with Crippen molar-refractivity contribution >= 4 is 0 Å². The molecule has 4 aliphatic carbocycles. The van der Waals surface area contributed by atoms with Crippen LogP contribution in [0.25, 0.3) is 0 Å². The van der Waals surface area contributed by atoms with Gasteiger partial charge in [0.25, 0.3) is 0 Å². The van der Waals surface area contributed by atoms with E-state index in [1.54, 1.807) is 22.3 Å². The van der Waals surface area contributed by atoms with Gasteiger partial charge in [-0.3, -0.25) is 0 Å². The first-order valence-corrected chi connectivity index (χ1v) is 13.1. The van der Waals surface area contributed by atoms with Gasteiger partial charge in [0.05, 0.1) is 0 Å². The fourth-order valence-corrected chi connectivity index (χ4v) is 17.7. The maximum absolute atomic E-state index is 2.59. The molecule has 6 atom stereocenters. The van der Waals surface area contributed by atoms with Crippen molar-refractivity contribution in [3.63, 3.8) is 0 Å². The van der Waals surface area contributed by atoms with Crippen LogP contribution >= 0.6 is 0 Å². The van der Waals surface area contributed by atoms with E-state index >= 15 is 0 Å². The van der Waals surface area contributed by atoms with Crippen LogP contribution in [0.2, 0.25) is 17.9 Å². The van der Waals surface area contributed by atoms with Crippen LogP contribution in [0.3, 0.4) is 0 Å². The molecule has 0 nitrogen and oxygen atoms in total.